The standard InChI is InChI=1S/C19H16F3NO3/c1-23(11-13-7-3-5-9-15(13)19(20,21)22)17(24)16-10-12-6-2-4-8-14(12)18(25)26-16/h2-9,16H,10-11H2,1H3. The Morgan fingerprint density at radius 3 is 2.54 bits per heavy atom. The first-order chi connectivity index (χ1) is 12.3. The number of hydrogen-bond donors (Lipinski definition) is 0. The van der Waals surface area contributed by atoms with E-state index in [1.54, 1.807) is 24.3 Å². The van der Waals surface area contributed by atoms with Gasteiger partial charge in [0.15, 0.2) is 6.10 Å². The van der Waals surface area contributed by atoms with Gasteiger partial charge < -0.3 is 9.64 Å². The minimum atomic E-state index is -4.50. The fourth-order valence-electron chi connectivity index (χ4n) is 2.98. The van der Waals surface area contributed by atoms with E-state index in [0.29, 0.717) is 11.1 Å². The average Bonchev–Trinajstić information content (AvgIpc) is 2.60. The van der Waals surface area contributed by atoms with E-state index in [9.17, 15) is 22.8 Å². The summed E-state index contributed by atoms with van der Waals surface area (Å²) in [5, 5.41) is 0. The molecule has 0 radical (unpaired) electrons. The second kappa shape index (κ2) is 6.82. The summed E-state index contributed by atoms with van der Waals surface area (Å²) in [5.41, 5.74) is 0.289. The molecule has 0 N–H and O–H groups in total. The number of carbonyl (C=O) groups is 2. The number of halogens is 3. The minimum absolute atomic E-state index is 0.0154. The Morgan fingerprint density at radius 2 is 1.81 bits per heavy atom. The third-order valence-corrected chi connectivity index (χ3v) is 4.27. The van der Waals surface area contributed by atoms with Crippen LogP contribution < -0.4 is 0 Å². The van der Waals surface area contributed by atoms with Crippen LogP contribution in [-0.4, -0.2) is 29.9 Å². The maximum atomic E-state index is 13.1. The van der Waals surface area contributed by atoms with Gasteiger partial charge in [0.05, 0.1) is 11.1 Å². The van der Waals surface area contributed by atoms with Gasteiger partial charge in [-0.25, -0.2) is 4.79 Å². The lowest BCUT2D eigenvalue weighted by molar-refractivity contribution is -0.142. The predicted octanol–water partition coefficient (Wildman–Crippen LogP) is 3.45. The van der Waals surface area contributed by atoms with Crippen LogP contribution in [0.3, 0.4) is 0 Å². The number of hydrogen-bond acceptors (Lipinski definition) is 3. The molecule has 0 aromatic heterocycles. The SMILES string of the molecule is CN(Cc1ccccc1C(F)(F)F)C(=O)C1Cc2ccccc2C(=O)O1. The Morgan fingerprint density at radius 1 is 1.15 bits per heavy atom. The number of likely N-dealkylation sites (N-methyl/N-ethyl adjacent to an activating group) is 1. The van der Waals surface area contributed by atoms with E-state index in [1.807, 2.05) is 0 Å². The Bertz CT molecular complexity index is 848. The molecule has 26 heavy (non-hydrogen) atoms. The van der Waals surface area contributed by atoms with Crippen LogP contribution in [0.1, 0.15) is 27.0 Å². The number of nitrogens with zero attached hydrogens (tertiary/aromatic N) is 1. The summed E-state index contributed by atoms with van der Waals surface area (Å²) >= 11 is 0. The normalized spacial score (nSPS) is 16.6. The van der Waals surface area contributed by atoms with Crippen LogP contribution in [-0.2, 0) is 28.7 Å². The zero-order chi connectivity index (χ0) is 18.9. The van der Waals surface area contributed by atoms with E-state index in [2.05, 4.69) is 0 Å². The van der Waals surface area contributed by atoms with Crippen molar-refractivity contribution >= 4 is 11.9 Å². The maximum Gasteiger partial charge on any atom is 0.416 e. The van der Waals surface area contributed by atoms with Crippen molar-refractivity contribution < 1.29 is 27.5 Å². The largest absolute Gasteiger partial charge is 0.448 e. The highest BCUT2D eigenvalue weighted by Crippen LogP contribution is 2.32. The summed E-state index contributed by atoms with van der Waals surface area (Å²) in [6, 6.07) is 11.9. The number of alkyl halides is 3. The summed E-state index contributed by atoms with van der Waals surface area (Å²) < 4.78 is 44.5. The molecule has 0 fully saturated rings. The highest BCUT2D eigenvalue weighted by molar-refractivity contribution is 5.95. The van der Waals surface area contributed by atoms with Gasteiger partial charge in [-0.3, -0.25) is 4.79 Å². The van der Waals surface area contributed by atoms with Crippen molar-refractivity contribution in [1.82, 2.24) is 4.90 Å². The lowest BCUT2D eigenvalue weighted by atomic mass is 9.98. The molecule has 1 heterocycles. The number of carbonyl (C=O) groups excluding carboxylic acids is 2. The Hall–Kier alpha value is -2.83. The van der Waals surface area contributed by atoms with Gasteiger partial charge in [-0.1, -0.05) is 36.4 Å². The van der Waals surface area contributed by atoms with Crippen molar-refractivity contribution in [2.45, 2.75) is 25.2 Å². The van der Waals surface area contributed by atoms with Gasteiger partial charge >= 0.3 is 12.1 Å². The molecule has 1 amide bonds. The number of rotatable bonds is 3. The number of amides is 1. The molecule has 0 saturated carbocycles. The Labute approximate surface area is 148 Å². The summed E-state index contributed by atoms with van der Waals surface area (Å²) in [6.45, 7) is -0.232. The van der Waals surface area contributed by atoms with Gasteiger partial charge in [0.25, 0.3) is 5.91 Å². The molecule has 2 aromatic carbocycles. The highest BCUT2D eigenvalue weighted by Gasteiger charge is 2.35. The quantitative estimate of drug-likeness (QED) is 0.785. The fraction of sp³-hybridized carbons (Fsp3) is 0.263. The summed E-state index contributed by atoms with van der Waals surface area (Å²) in [5.74, 6) is -1.14. The fourth-order valence-corrected chi connectivity index (χ4v) is 2.98. The van der Waals surface area contributed by atoms with Gasteiger partial charge in [0, 0.05) is 20.0 Å². The lowest BCUT2D eigenvalue weighted by Gasteiger charge is -2.28. The van der Waals surface area contributed by atoms with Crippen LogP contribution in [0.15, 0.2) is 48.5 Å². The van der Waals surface area contributed by atoms with E-state index >= 15 is 0 Å². The van der Waals surface area contributed by atoms with Crippen LogP contribution >= 0.6 is 0 Å². The molecule has 136 valence electrons. The van der Waals surface area contributed by atoms with E-state index in [1.165, 1.54) is 25.2 Å². The first-order valence-corrected chi connectivity index (χ1v) is 7.96. The molecule has 1 unspecified atom stereocenters. The van der Waals surface area contributed by atoms with E-state index < -0.39 is 29.7 Å². The minimum Gasteiger partial charge on any atom is -0.448 e. The third-order valence-electron chi connectivity index (χ3n) is 4.27. The van der Waals surface area contributed by atoms with Gasteiger partial charge in [-0.15, -0.1) is 0 Å². The topological polar surface area (TPSA) is 46.6 Å². The van der Waals surface area contributed by atoms with Crippen molar-refractivity contribution in [3.05, 3.63) is 70.8 Å². The highest BCUT2D eigenvalue weighted by atomic mass is 19.4. The van der Waals surface area contributed by atoms with E-state index in [0.717, 1.165) is 11.0 Å². The Kier molecular flexibility index (Phi) is 4.71. The van der Waals surface area contributed by atoms with Crippen molar-refractivity contribution in [2.75, 3.05) is 7.05 Å². The first kappa shape index (κ1) is 18.0. The second-order valence-electron chi connectivity index (χ2n) is 6.10. The molecule has 4 nitrogen and oxygen atoms in total. The summed E-state index contributed by atoms with van der Waals surface area (Å²) in [6.07, 6.45) is -5.34. The average molecular weight is 363 g/mol. The van der Waals surface area contributed by atoms with Crippen molar-refractivity contribution in [1.29, 1.82) is 0 Å². The van der Waals surface area contributed by atoms with Crippen LogP contribution in [0.4, 0.5) is 13.2 Å². The summed E-state index contributed by atoms with van der Waals surface area (Å²) in [7, 11) is 1.39. The number of benzene rings is 2. The molecule has 1 atom stereocenters. The smallest absolute Gasteiger partial charge is 0.416 e. The number of cyclic esters (lactones) is 1. The molecule has 0 aliphatic carbocycles. The zero-order valence-corrected chi connectivity index (χ0v) is 13.9. The van der Waals surface area contributed by atoms with Gasteiger partial charge in [-0.2, -0.15) is 13.2 Å². The van der Waals surface area contributed by atoms with Crippen molar-refractivity contribution in [2.24, 2.45) is 0 Å². The molecule has 1 aliphatic rings. The molecule has 2 aromatic rings. The second-order valence-corrected chi connectivity index (χ2v) is 6.10. The van der Waals surface area contributed by atoms with E-state index in [-0.39, 0.29) is 18.5 Å². The van der Waals surface area contributed by atoms with Gasteiger partial charge in [0.1, 0.15) is 0 Å². The van der Waals surface area contributed by atoms with Gasteiger partial charge in [-0.05, 0) is 23.3 Å². The molecule has 0 saturated heterocycles. The van der Waals surface area contributed by atoms with Crippen molar-refractivity contribution in [3.8, 4) is 0 Å². The molecule has 7 heteroatoms. The van der Waals surface area contributed by atoms with Gasteiger partial charge in [0.2, 0.25) is 0 Å². The van der Waals surface area contributed by atoms with Crippen LogP contribution in [0, 0.1) is 0 Å². The number of esters is 1. The molecule has 3 rings (SSSR count). The molecule has 1 aliphatic heterocycles. The molecular formula is C19H16F3NO3. The van der Waals surface area contributed by atoms with Crippen LogP contribution in [0.5, 0.6) is 0 Å². The molecule has 0 bridgehead atoms. The number of fused-ring (bicyclic) bond motifs is 1. The summed E-state index contributed by atoms with van der Waals surface area (Å²) in [4.78, 5) is 25.8. The molecule has 0 spiro atoms. The number of ether oxygens (including phenoxy) is 1. The monoisotopic (exact) mass is 363 g/mol. The predicted molar refractivity (Wildman–Crippen MR) is 87.3 cm³/mol. The Balaban J connectivity index is 1.77. The van der Waals surface area contributed by atoms with E-state index in [4.69, 9.17) is 4.74 Å². The lowest BCUT2D eigenvalue weighted by Crippen LogP contribution is -2.42. The van der Waals surface area contributed by atoms with Crippen molar-refractivity contribution in [3.63, 3.8) is 0 Å². The molecular weight excluding hydrogens is 347 g/mol. The van der Waals surface area contributed by atoms with Crippen LogP contribution in [0.25, 0.3) is 0 Å². The third kappa shape index (κ3) is 3.56. The zero-order valence-electron chi connectivity index (χ0n) is 13.9. The maximum absolute atomic E-state index is 13.1. The van der Waals surface area contributed by atoms with Crippen LogP contribution in [0.2, 0.25) is 0 Å². The first-order valence-electron chi connectivity index (χ1n) is 7.96.